The molecule has 0 amide bonds. The highest BCUT2D eigenvalue weighted by Crippen LogP contribution is 2.22. The lowest BCUT2D eigenvalue weighted by molar-refractivity contribution is 0.0895. The van der Waals surface area contributed by atoms with E-state index in [1.165, 1.54) is 11.1 Å². The van der Waals surface area contributed by atoms with Gasteiger partial charge in [0.15, 0.2) is 5.78 Å². The van der Waals surface area contributed by atoms with Crippen LogP contribution in [0.25, 0.3) is 0 Å². The van der Waals surface area contributed by atoms with Crippen LogP contribution in [-0.2, 0) is 6.42 Å². The number of Topliss-reactive ketones (excluding diaryl/α,β-unsaturated/α-hetero) is 1. The number of carbonyl (C=O) groups excluding carboxylic acids is 1. The molecule has 1 atom stereocenters. The van der Waals surface area contributed by atoms with Gasteiger partial charge in [0.1, 0.15) is 0 Å². The third-order valence-electron chi connectivity index (χ3n) is 4.20. The maximum absolute atomic E-state index is 13.2. The Bertz CT molecular complexity index is 656. The fraction of sp³-hybridized carbons (Fsp3) is 0.381. The maximum atomic E-state index is 13.2. The Morgan fingerprint density at radius 2 is 1.54 bits per heavy atom. The average Bonchev–Trinajstić information content (AvgIpc) is 2.46. The third kappa shape index (κ3) is 5.19. The fourth-order valence-electron chi connectivity index (χ4n) is 3.35. The van der Waals surface area contributed by atoms with Gasteiger partial charge < -0.3 is 4.90 Å². The lowest BCUT2D eigenvalue weighted by atomic mass is 9.86. The van der Waals surface area contributed by atoms with Crippen molar-refractivity contribution in [3.8, 4) is 0 Å². The van der Waals surface area contributed by atoms with Gasteiger partial charge in [-0.05, 0) is 58.0 Å². The minimum Gasteiger partial charge on any atom is -0.309 e. The van der Waals surface area contributed by atoms with Gasteiger partial charge in [-0.3, -0.25) is 4.79 Å². The third-order valence-corrected chi connectivity index (χ3v) is 4.20. The molecule has 24 heavy (non-hydrogen) atoms. The molecular formula is C21H28ClNO. The number of carbonyl (C=O) groups is 1. The van der Waals surface area contributed by atoms with Crippen LogP contribution in [0.2, 0.25) is 0 Å². The van der Waals surface area contributed by atoms with E-state index in [1.807, 2.05) is 46.1 Å². The van der Waals surface area contributed by atoms with E-state index in [9.17, 15) is 4.79 Å². The van der Waals surface area contributed by atoms with E-state index in [0.717, 1.165) is 29.7 Å². The average molecular weight is 346 g/mol. The number of nitrogens with zero attached hydrogens (tertiary/aromatic N) is 1. The maximum Gasteiger partial charge on any atom is 0.168 e. The molecule has 2 aromatic rings. The van der Waals surface area contributed by atoms with Crippen LogP contribution in [0, 0.1) is 26.7 Å². The highest BCUT2D eigenvalue weighted by atomic mass is 35.5. The van der Waals surface area contributed by atoms with Crippen molar-refractivity contribution in [2.45, 2.75) is 27.2 Å². The van der Waals surface area contributed by atoms with Crippen molar-refractivity contribution in [3.05, 3.63) is 70.3 Å². The molecule has 0 saturated carbocycles. The first-order valence-corrected chi connectivity index (χ1v) is 8.19. The van der Waals surface area contributed by atoms with Crippen LogP contribution in [0.5, 0.6) is 0 Å². The van der Waals surface area contributed by atoms with E-state index < -0.39 is 0 Å². The number of ketones is 1. The van der Waals surface area contributed by atoms with Gasteiger partial charge in [0.05, 0.1) is 0 Å². The van der Waals surface area contributed by atoms with Crippen LogP contribution in [0.3, 0.4) is 0 Å². The Morgan fingerprint density at radius 3 is 2.04 bits per heavy atom. The van der Waals surface area contributed by atoms with E-state index in [2.05, 4.69) is 36.1 Å². The molecule has 2 rings (SSSR count). The predicted octanol–water partition coefficient (Wildman–Crippen LogP) is 4.64. The van der Waals surface area contributed by atoms with Crippen LogP contribution in [-0.4, -0.2) is 31.3 Å². The first-order valence-electron chi connectivity index (χ1n) is 8.19. The highest BCUT2D eigenvalue weighted by molar-refractivity contribution is 6.00. The zero-order valence-electron chi connectivity index (χ0n) is 15.3. The largest absolute Gasteiger partial charge is 0.309 e. The summed E-state index contributed by atoms with van der Waals surface area (Å²) in [5.74, 6) is 0.241. The SMILES string of the molecule is Cc1cc(C)c(C(=O)C(Cc2ccccc2)CN(C)C)c(C)c1.Cl. The van der Waals surface area contributed by atoms with Crippen molar-refractivity contribution in [2.24, 2.45) is 5.92 Å². The van der Waals surface area contributed by atoms with E-state index >= 15 is 0 Å². The minimum atomic E-state index is -0.0208. The molecule has 2 aromatic carbocycles. The molecule has 0 fully saturated rings. The van der Waals surface area contributed by atoms with Gasteiger partial charge in [0.2, 0.25) is 0 Å². The fourth-order valence-corrected chi connectivity index (χ4v) is 3.35. The zero-order chi connectivity index (χ0) is 17.0. The molecule has 0 spiro atoms. The lowest BCUT2D eigenvalue weighted by Crippen LogP contribution is -2.30. The lowest BCUT2D eigenvalue weighted by Gasteiger charge is -2.22. The standard InChI is InChI=1S/C21H27NO.ClH/c1-15-11-16(2)20(17(3)12-15)21(23)19(14-22(4)5)13-18-9-7-6-8-10-18;/h6-12,19H,13-14H2,1-5H3;1H. The van der Waals surface area contributed by atoms with Crippen LogP contribution in [0.4, 0.5) is 0 Å². The molecule has 2 nitrogen and oxygen atoms in total. The molecule has 0 aliphatic rings. The summed E-state index contributed by atoms with van der Waals surface area (Å²) >= 11 is 0. The molecule has 1 unspecified atom stereocenters. The number of hydrogen-bond donors (Lipinski definition) is 0. The smallest absolute Gasteiger partial charge is 0.168 e. The molecule has 130 valence electrons. The summed E-state index contributed by atoms with van der Waals surface area (Å²) in [5, 5.41) is 0. The molecule has 0 aliphatic carbocycles. The first-order chi connectivity index (χ1) is 10.9. The van der Waals surface area contributed by atoms with Crippen molar-refractivity contribution < 1.29 is 4.79 Å². The molecule has 0 bridgehead atoms. The summed E-state index contributed by atoms with van der Waals surface area (Å²) in [7, 11) is 4.06. The van der Waals surface area contributed by atoms with E-state index in [0.29, 0.717) is 0 Å². The molecular weight excluding hydrogens is 318 g/mol. The quantitative estimate of drug-likeness (QED) is 0.711. The molecule has 0 aromatic heterocycles. The first kappa shape index (κ1) is 20.4. The zero-order valence-corrected chi connectivity index (χ0v) is 16.1. The van der Waals surface area contributed by atoms with Gasteiger partial charge >= 0.3 is 0 Å². The van der Waals surface area contributed by atoms with E-state index in [-0.39, 0.29) is 24.1 Å². The Morgan fingerprint density at radius 1 is 1.00 bits per heavy atom. The monoisotopic (exact) mass is 345 g/mol. The number of rotatable bonds is 6. The number of aryl methyl sites for hydroxylation is 3. The molecule has 0 N–H and O–H groups in total. The molecule has 0 saturated heterocycles. The summed E-state index contributed by atoms with van der Waals surface area (Å²) in [4.78, 5) is 15.3. The Balaban J connectivity index is 0.00000288. The van der Waals surface area contributed by atoms with Crippen LogP contribution in [0.15, 0.2) is 42.5 Å². The van der Waals surface area contributed by atoms with Gasteiger partial charge in [0, 0.05) is 18.0 Å². The number of benzene rings is 2. The van der Waals surface area contributed by atoms with E-state index in [1.54, 1.807) is 0 Å². The summed E-state index contributed by atoms with van der Waals surface area (Å²) < 4.78 is 0. The van der Waals surface area contributed by atoms with Crippen LogP contribution >= 0.6 is 12.4 Å². The Kier molecular flexibility index (Phi) is 7.65. The molecule has 3 heteroatoms. The van der Waals surface area contributed by atoms with Crippen molar-refractivity contribution in [3.63, 3.8) is 0 Å². The second-order valence-electron chi connectivity index (χ2n) is 6.79. The normalized spacial score (nSPS) is 11.9. The summed E-state index contributed by atoms with van der Waals surface area (Å²) in [6, 6.07) is 14.5. The van der Waals surface area contributed by atoms with Gasteiger partial charge in [0.25, 0.3) is 0 Å². The molecule has 0 radical (unpaired) electrons. The van der Waals surface area contributed by atoms with Gasteiger partial charge in [-0.1, -0.05) is 48.0 Å². The van der Waals surface area contributed by atoms with Crippen LogP contribution in [0.1, 0.15) is 32.6 Å². The summed E-state index contributed by atoms with van der Waals surface area (Å²) in [5.41, 5.74) is 5.51. The van der Waals surface area contributed by atoms with Crippen molar-refractivity contribution in [1.29, 1.82) is 0 Å². The topological polar surface area (TPSA) is 20.3 Å². The number of hydrogen-bond acceptors (Lipinski definition) is 2. The molecule has 0 aliphatic heterocycles. The van der Waals surface area contributed by atoms with Crippen molar-refractivity contribution >= 4 is 18.2 Å². The van der Waals surface area contributed by atoms with E-state index in [4.69, 9.17) is 0 Å². The molecule has 0 heterocycles. The second kappa shape index (κ2) is 9.00. The minimum absolute atomic E-state index is 0. The Labute approximate surface area is 152 Å². The van der Waals surface area contributed by atoms with Crippen molar-refractivity contribution in [2.75, 3.05) is 20.6 Å². The second-order valence-corrected chi connectivity index (χ2v) is 6.79. The van der Waals surface area contributed by atoms with Crippen molar-refractivity contribution in [1.82, 2.24) is 4.90 Å². The summed E-state index contributed by atoms with van der Waals surface area (Å²) in [6.45, 7) is 6.93. The van der Waals surface area contributed by atoms with Gasteiger partial charge in [-0.15, -0.1) is 12.4 Å². The van der Waals surface area contributed by atoms with Crippen LogP contribution < -0.4 is 0 Å². The highest BCUT2D eigenvalue weighted by Gasteiger charge is 2.24. The number of halogens is 1. The predicted molar refractivity (Wildman–Crippen MR) is 104 cm³/mol. The summed E-state index contributed by atoms with van der Waals surface area (Å²) in [6.07, 6.45) is 0.782. The van der Waals surface area contributed by atoms with Gasteiger partial charge in [-0.2, -0.15) is 0 Å². The Hall–Kier alpha value is -1.64. The van der Waals surface area contributed by atoms with Gasteiger partial charge in [-0.25, -0.2) is 0 Å².